The Hall–Kier alpha value is -1.55. The number of likely N-dealkylation sites (tertiary alicyclic amines) is 1. The summed E-state index contributed by atoms with van der Waals surface area (Å²) in [6.45, 7) is 5.62. The number of hydrogen-bond donors (Lipinski definition) is 1. The number of para-hydroxylation sites is 1. The van der Waals surface area contributed by atoms with Crippen LogP contribution >= 0.6 is 0 Å². The molecule has 1 amide bonds. The van der Waals surface area contributed by atoms with Crippen molar-refractivity contribution in [2.24, 2.45) is 0 Å². The third-order valence-corrected chi connectivity index (χ3v) is 4.15. The minimum Gasteiger partial charge on any atom is -0.480 e. The molecule has 1 aromatic rings. The molecule has 1 N–H and O–H groups in total. The van der Waals surface area contributed by atoms with E-state index in [4.69, 9.17) is 4.74 Å². The van der Waals surface area contributed by atoms with Gasteiger partial charge in [0.25, 0.3) is 5.91 Å². The number of piperidine rings is 1. The number of likely N-dealkylation sites (N-methyl/N-ethyl adjacent to an activating group) is 1. The van der Waals surface area contributed by atoms with E-state index in [0.717, 1.165) is 37.2 Å². The molecule has 0 radical (unpaired) electrons. The van der Waals surface area contributed by atoms with E-state index in [0.29, 0.717) is 12.5 Å². The second-order valence-electron chi connectivity index (χ2n) is 5.69. The van der Waals surface area contributed by atoms with Crippen LogP contribution in [-0.2, 0) is 4.79 Å². The maximum Gasteiger partial charge on any atom is 0.263 e. The highest BCUT2D eigenvalue weighted by atomic mass is 16.5. The van der Waals surface area contributed by atoms with Crippen LogP contribution in [0.4, 0.5) is 0 Å². The molecule has 0 saturated carbocycles. The van der Waals surface area contributed by atoms with E-state index in [2.05, 4.69) is 5.32 Å². The van der Waals surface area contributed by atoms with Gasteiger partial charge in [0.1, 0.15) is 5.75 Å². The van der Waals surface area contributed by atoms with Crippen LogP contribution in [0, 0.1) is 6.92 Å². The molecule has 4 heteroatoms. The summed E-state index contributed by atoms with van der Waals surface area (Å²) in [4.78, 5) is 14.6. The first kappa shape index (κ1) is 15.8. The minimum atomic E-state index is -0.387. The fraction of sp³-hybridized carbons (Fsp3) is 0.588. The second-order valence-corrected chi connectivity index (χ2v) is 5.69. The lowest BCUT2D eigenvalue weighted by Crippen LogP contribution is -2.51. The average molecular weight is 290 g/mol. The molecule has 21 heavy (non-hydrogen) atoms. The van der Waals surface area contributed by atoms with Crippen molar-refractivity contribution >= 4 is 5.91 Å². The van der Waals surface area contributed by atoms with Crippen LogP contribution < -0.4 is 10.1 Å². The number of nitrogens with one attached hydrogen (secondary N) is 1. The molecule has 116 valence electrons. The monoisotopic (exact) mass is 290 g/mol. The molecule has 2 atom stereocenters. The summed E-state index contributed by atoms with van der Waals surface area (Å²) in [5.41, 5.74) is 1.07. The van der Waals surface area contributed by atoms with Crippen LogP contribution in [0.25, 0.3) is 0 Å². The van der Waals surface area contributed by atoms with E-state index in [1.807, 2.05) is 50.1 Å². The summed E-state index contributed by atoms with van der Waals surface area (Å²) < 4.78 is 5.97. The van der Waals surface area contributed by atoms with Crippen LogP contribution in [0.2, 0.25) is 0 Å². The molecule has 1 heterocycles. The van der Waals surface area contributed by atoms with Crippen molar-refractivity contribution in [3.05, 3.63) is 29.8 Å². The molecule has 0 aromatic heterocycles. The number of hydrogen-bond acceptors (Lipinski definition) is 3. The van der Waals surface area contributed by atoms with Gasteiger partial charge in [0.05, 0.1) is 0 Å². The maximum atomic E-state index is 12.7. The van der Waals surface area contributed by atoms with Crippen LogP contribution in [-0.4, -0.2) is 43.1 Å². The van der Waals surface area contributed by atoms with E-state index < -0.39 is 0 Å². The van der Waals surface area contributed by atoms with Crippen molar-refractivity contribution in [1.82, 2.24) is 10.2 Å². The first-order chi connectivity index (χ1) is 10.2. The minimum absolute atomic E-state index is 0.112. The molecule has 0 bridgehead atoms. The fourth-order valence-corrected chi connectivity index (χ4v) is 2.77. The predicted octanol–water partition coefficient (Wildman–Crippen LogP) is 2.36. The third-order valence-electron chi connectivity index (χ3n) is 4.15. The lowest BCUT2D eigenvalue weighted by atomic mass is 10.0. The SMILES string of the molecule is CC[C@H](Oc1ccccc1C)C(=O)N1CCC[C@H](NC)C1. The Morgan fingerprint density at radius 2 is 2.24 bits per heavy atom. The molecule has 0 aliphatic carbocycles. The van der Waals surface area contributed by atoms with Gasteiger partial charge in [-0.05, 0) is 44.9 Å². The molecule has 0 spiro atoms. The lowest BCUT2D eigenvalue weighted by Gasteiger charge is -2.34. The molecule has 1 saturated heterocycles. The van der Waals surface area contributed by atoms with E-state index in [1.165, 1.54) is 0 Å². The van der Waals surface area contributed by atoms with Gasteiger partial charge < -0.3 is 15.0 Å². The molecular weight excluding hydrogens is 264 g/mol. The van der Waals surface area contributed by atoms with E-state index in [9.17, 15) is 4.79 Å². The average Bonchev–Trinajstić information content (AvgIpc) is 2.53. The normalized spacial score (nSPS) is 20.1. The third kappa shape index (κ3) is 3.97. The highest BCUT2D eigenvalue weighted by molar-refractivity contribution is 5.81. The largest absolute Gasteiger partial charge is 0.480 e. The Balaban J connectivity index is 2.03. The number of carbonyl (C=O) groups excluding carboxylic acids is 1. The highest BCUT2D eigenvalue weighted by Crippen LogP contribution is 2.20. The van der Waals surface area contributed by atoms with Gasteiger partial charge in [-0.25, -0.2) is 0 Å². The fourth-order valence-electron chi connectivity index (χ4n) is 2.77. The lowest BCUT2D eigenvalue weighted by molar-refractivity contribution is -0.140. The number of nitrogens with zero attached hydrogens (tertiary/aromatic N) is 1. The topological polar surface area (TPSA) is 41.6 Å². The summed E-state index contributed by atoms with van der Waals surface area (Å²) in [5, 5.41) is 3.27. The summed E-state index contributed by atoms with van der Waals surface area (Å²) in [6.07, 6.45) is 2.49. The van der Waals surface area contributed by atoms with Crippen molar-refractivity contribution in [3.8, 4) is 5.75 Å². The number of carbonyl (C=O) groups is 1. The number of ether oxygens (including phenoxy) is 1. The van der Waals surface area contributed by atoms with Gasteiger partial charge >= 0.3 is 0 Å². The zero-order chi connectivity index (χ0) is 15.2. The van der Waals surface area contributed by atoms with Crippen molar-refractivity contribution in [3.63, 3.8) is 0 Å². The molecule has 1 aliphatic rings. The molecule has 0 unspecified atom stereocenters. The van der Waals surface area contributed by atoms with Crippen molar-refractivity contribution in [2.45, 2.75) is 45.3 Å². The van der Waals surface area contributed by atoms with Crippen LogP contribution in [0.15, 0.2) is 24.3 Å². The van der Waals surface area contributed by atoms with E-state index in [-0.39, 0.29) is 12.0 Å². The summed E-state index contributed by atoms with van der Waals surface area (Å²) in [7, 11) is 1.96. The molecule has 2 rings (SSSR count). The zero-order valence-corrected chi connectivity index (χ0v) is 13.3. The molecule has 1 aliphatic heterocycles. The molecule has 1 aromatic carbocycles. The van der Waals surface area contributed by atoms with Crippen molar-refractivity contribution in [1.29, 1.82) is 0 Å². The maximum absolute atomic E-state index is 12.7. The zero-order valence-electron chi connectivity index (χ0n) is 13.3. The van der Waals surface area contributed by atoms with Gasteiger partial charge in [0.15, 0.2) is 6.10 Å². The Kier molecular flexibility index (Phi) is 5.62. The number of amides is 1. The summed E-state index contributed by atoms with van der Waals surface area (Å²) in [6, 6.07) is 8.26. The summed E-state index contributed by atoms with van der Waals surface area (Å²) in [5.74, 6) is 0.917. The smallest absolute Gasteiger partial charge is 0.263 e. The Morgan fingerprint density at radius 3 is 2.90 bits per heavy atom. The van der Waals surface area contributed by atoms with Gasteiger partial charge in [0, 0.05) is 19.1 Å². The van der Waals surface area contributed by atoms with Gasteiger partial charge in [-0.15, -0.1) is 0 Å². The van der Waals surface area contributed by atoms with E-state index >= 15 is 0 Å². The van der Waals surface area contributed by atoms with Crippen LogP contribution in [0.1, 0.15) is 31.7 Å². The van der Waals surface area contributed by atoms with Crippen LogP contribution in [0.3, 0.4) is 0 Å². The number of rotatable bonds is 5. The first-order valence-electron chi connectivity index (χ1n) is 7.84. The first-order valence-corrected chi connectivity index (χ1v) is 7.84. The Bertz CT molecular complexity index is 476. The van der Waals surface area contributed by atoms with Crippen LogP contribution in [0.5, 0.6) is 5.75 Å². The van der Waals surface area contributed by atoms with E-state index in [1.54, 1.807) is 0 Å². The number of aryl methyl sites for hydroxylation is 1. The molecule has 1 fully saturated rings. The van der Waals surface area contributed by atoms with Crippen molar-refractivity contribution in [2.75, 3.05) is 20.1 Å². The van der Waals surface area contributed by atoms with Crippen molar-refractivity contribution < 1.29 is 9.53 Å². The van der Waals surface area contributed by atoms with Gasteiger partial charge in [-0.3, -0.25) is 4.79 Å². The van der Waals surface area contributed by atoms with Gasteiger partial charge in [0.2, 0.25) is 0 Å². The number of benzene rings is 1. The summed E-state index contributed by atoms with van der Waals surface area (Å²) >= 11 is 0. The Morgan fingerprint density at radius 1 is 1.48 bits per heavy atom. The molecular formula is C17H26N2O2. The Labute approximate surface area is 127 Å². The second kappa shape index (κ2) is 7.46. The van der Waals surface area contributed by atoms with Gasteiger partial charge in [-0.1, -0.05) is 25.1 Å². The quantitative estimate of drug-likeness (QED) is 0.905. The van der Waals surface area contributed by atoms with Gasteiger partial charge in [-0.2, -0.15) is 0 Å². The highest BCUT2D eigenvalue weighted by Gasteiger charge is 2.28. The standard InChI is InChI=1S/C17H26N2O2/c1-4-15(21-16-10-6-5-8-13(16)2)17(20)19-11-7-9-14(12-19)18-3/h5-6,8,10,14-15,18H,4,7,9,11-12H2,1-3H3/t14-,15-/m0/s1. The predicted molar refractivity (Wildman–Crippen MR) is 84.5 cm³/mol. The molecule has 4 nitrogen and oxygen atoms in total.